The molecule has 0 aliphatic carbocycles. The third-order valence-corrected chi connectivity index (χ3v) is 4.07. The number of ether oxygens (including phenoxy) is 2. The summed E-state index contributed by atoms with van der Waals surface area (Å²) < 4.78 is 11.1. The first kappa shape index (κ1) is 19.1. The van der Waals surface area contributed by atoms with Crippen LogP contribution in [0.4, 0.5) is 0 Å². The van der Waals surface area contributed by atoms with Crippen LogP contribution in [-0.4, -0.2) is 61.0 Å². The number of carbonyl (C=O) groups excluding carboxylic acids is 2. The number of hydrogen-bond acceptors (Lipinski definition) is 4. The fourth-order valence-electron chi connectivity index (χ4n) is 2.76. The van der Waals surface area contributed by atoms with E-state index in [0.29, 0.717) is 56.6 Å². The van der Waals surface area contributed by atoms with Crippen LogP contribution in [-0.2, 0) is 9.59 Å². The molecule has 1 aliphatic rings. The molecule has 138 valence electrons. The topological polar surface area (TPSA) is 59.1 Å². The highest BCUT2D eigenvalue weighted by Crippen LogP contribution is 2.26. The van der Waals surface area contributed by atoms with Crippen LogP contribution in [0.2, 0.25) is 0 Å². The minimum atomic E-state index is -0.0674. The predicted molar refractivity (Wildman–Crippen MR) is 95.7 cm³/mol. The smallest absolute Gasteiger partial charge is 0.260 e. The highest BCUT2D eigenvalue weighted by atomic mass is 16.5. The van der Waals surface area contributed by atoms with E-state index in [2.05, 4.69) is 0 Å². The molecule has 1 aromatic carbocycles. The molecule has 0 atom stereocenters. The van der Waals surface area contributed by atoms with E-state index in [9.17, 15) is 9.59 Å². The number of rotatable bonds is 7. The average Bonchev–Trinajstić information content (AvgIpc) is 2.60. The van der Waals surface area contributed by atoms with E-state index in [1.165, 1.54) is 0 Å². The summed E-state index contributed by atoms with van der Waals surface area (Å²) in [6.45, 7) is 8.79. The quantitative estimate of drug-likeness (QED) is 0.758. The van der Waals surface area contributed by atoms with E-state index < -0.39 is 0 Å². The molecule has 0 radical (unpaired) electrons. The van der Waals surface area contributed by atoms with Crippen molar-refractivity contribution in [2.75, 3.05) is 39.4 Å². The first-order valence-corrected chi connectivity index (χ1v) is 8.91. The van der Waals surface area contributed by atoms with Crippen molar-refractivity contribution in [2.24, 2.45) is 5.92 Å². The van der Waals surface area contributed by atoms with E-state index in [1.807, 2.05) is 43.9 Å². The van der Waals surface area contributed by atoms with Crippen LogP contribution in [0, 0.1) is 5.92 Å². The van der Waals surface area contributed by atoms with E-state index in [-0.39, 0.29) is 18.4 Å². The van der Waals surface area contributed by atoms with E-state index in [1.54, 1.807) is 11.0 Å². The molecule has 6 heteroatoms. The van der Waals surface area contributed by atoms with Crippen LogP contribution in [0.5, 0.6) is 11.5 Å². The molecule has 1 aliphatic heterocycles. The molecule has 1 saturated heterocycles. The second-order valence-electron chi connectivity index (χ2n) is 6.53. The molecule has 25 heavy (non-hydrogen) atoms. The van der Waals surface area contributed by atoms with Gasteiger partial charge in [0.2, 0.25) is 5.91 Å². The molecule has 2 amide bonds. The lowest BCUT2D eigenvalue weighted by atomic mass is 10.1. The zero-order valence-corrected chi connectivity index (χ0v) is 15.4. The second-order valence-corrected chi connectivity index (χ2v) is 6.53. The maximum atomic E-state index is 12.4. The summed E-state index contributed by atoms with van der Waals surface area (Å²) in [6, 6.07) is 7.33. The Labute approximate surface area is 149 Å². The Bertz CT molecular complexity index is 581. The minimum absolute atomic E-state index is 0.0238. The molecule has 0 saturated carbocycles. The molecule has 0 aromatic heterocycles. The Morgan fingerprint density at radius 1 is 0.960 bits per heavy atom. The molecule has 1 fully saturated rings. The van der Waals surface area contributed by atoms with Gasteiger partial charge in [-0.1, -0.05) is 26.0 Å². The standard InChI is InChI=1S/C19H28N2O4/c1-4-24-16-7-5-6-8-17(16)25-14-19(23)21-11-9-20(10-12-21)18(22)13-15(2)3/h5-8,15H,4,9-14H2,1-3H3. The summed E-state index contributed by atoms with van der Waals surface area (Å²) >= 11 is 0. The third kappa shape index (κ3) is 5.66. The molecule has 6 nitrogen and oxygen atoms in total. The van der Waals surface area contributed by atoms with Crippen molar-refractivity contribution in [3.05, 3.63) is 24.3 Å². The summed E-state index contributed by atoms with van der Waals surface area (Å²) in [5.74, 6) is 1.67. The van der Waals surface area contributed by atoms with Gasteiger partial charge in [0, 0.05) is 32.6 Å². The Hall–Kier alpha value is -2.24. The van der Waals surface area contributed by atoms with Gasteiger partial charge >= 0.3 is 0 Å². The Morgan fingerprint density at radius 3 is 2.00 bits per heavy atom. The SMILES string of the molecule is CCOc1ccccc1OCC(=O)N1CCN(C(=O)CC(C)C)CC1. The lowest BCUT2D eigenvalue weighted by Gasteiger charge is -2.35. The van der Waals surface area contributed by atoms with Gasteiger partial charge in [-0.2, -0.15) is 0 Å². The molecule has 0 unspecified atom stereocenters. The van der Waals surface area contributed by atoms with Crippen LogP contribution >= 0.6 is 0 Å². The van der Waals surface area contributed by atoms with E-state index in [0.717, 1.165) is 0 Å². The third-order valence-electron chi connectivity index (χ3n) is 4.07. The van der Waals surface area contributed by atoms with Crippen molar-refractivity contribution in [1.29, 1.82) is 0 Å². The maximum Gasteiger partial charge on any atom is 0.260 e. The van der Waals surface area contributed by atoms with E-state index in [4.69, 9.17) is 9.47 Å². The van der Waals surface area contributed by atoms with Crippen LogP contribution < -0.4 is 9.47 Å². The van der Waals surface area contributed by atoms with Crippen molar-refractivity contribution in [3.63, 3.8) is 0 Å². The average molecular weight is 348 g/mol. The van der Waals surface area contributed by atoms with Crippen LogP contribution in [0.1, 0.15) is 27.2 Å². The first-order valence-electron chi connectivity index (χ1n) is 8.91. The zero-order valence-electron chi connectivity index (χ0n) is 15.4. The van der Waals surface area contributed by atoms with Gasteiger partial charge in [-0.3, -0.25) is 9.59 Å². The van der Waals surface area contributed by atoms with Gasteiger partial charge in [0.05, 0.1) is 6.61 Å². The summed E-state index contributed by atoms with van der Waals surface area (Å²) in [5.41, 5.74) is 0. The number of hydrogen-bond donors (Lipinski definition) is 0. The fourth-order valence-corrected chi connectivity index (χ4v) is 2.76. The Morgan fingerprint density at radius 2 is 1.48 bits per heavy atom. The molecular weight excluding hydrogens is 320 g/mol. The monoisotopic (exact) mass is 348 g/mol. The number of carbonyl (C=O) groups is 2. The molecule has 1 heterocycles. The molecule has 2 rings (SSSR count). The number of nitrogens with zero attached hydrogens (tertiary/aromatic N) is 2. The normalized spacial score (nSPS) is 14.6. The van der Waals surface area contributed by atoms with Gasteiger partial charge in [0.1, 0.15) is 0 Å². The van der Waals surface area contributed by atoms with Crippen LogP contribution in [0.15, 0.2) is 24.3 Å². The number of piperazine rings is 1. The van der Waals surface area contributed by atoms with Crippen molar-refractivity contribution >= 4 is 11.8 Å². The van der Waals surface area contributed by atoms with Gasteiger partial charge in [-0.15, -0.1) is 0 Å². The zero-order chi connectivity index (χ0) is 18.2. The maximum absolute atomic E-state index is 12.4. The first-order chi connectivity index (χ1) is 12.0. The molecule has 0 spiro atoms. The van der Waals surface area contributed by atoms with E-state index >= 15 is 0 Å². The van der Waals surface area contributed by atoms with Crippen LogP contribution in [0.3, 0.4) is 0 Å². The number of amides is 2. The molecule has 0 N–H and O–H groups in total. The van der Waals surface area contributed by atoms with Gasteiger partial charge < -0.3 is 19.3 Å². The van der Waals surface area contributed by atoms with Gasteiger partial charge in [-0.05, 0) is 25.0 Å². The lowest BCUT2D eigenvalue weighted by molar-refractivity contribution is -0.141. The lowest BCUT2D eigenvalue weighted by Crippen LogP contribution is -2.51. The summed E-state index contributed by atoms with van der Waals surface area (Å²) in [6.07, 6.45) is 0.561. The molecule has 0 bridgehead atoms. The minimum Gasteiger partial charge on any atom is -0.490 e. The fraction of sp³-hybridized carbons (Fsp3) is 0.579. The summed E-state index contributed by atoms with van der Waals surface area (Å²) in [4.78, 5) is 28.0. The van der Waals surface area contributed by atoms with Gasteiger partial charge in [0.25, 0.3) is 5.91 Å². The molecule has 1 aromatic rings. The summed E-state index contributed by atoms with van der Waals surface area (Å²) in [7, 11) is 0. The largest absolute Gasteiger partial charge is 0.490 e. The predicted octanol–water partition coefficient (Wildman–Crippen LogP) is 2.18. The van der Waals surface area contributed by atoms with Crippen molar-refractivity contribution < 1.29 is 19.1 Å². The van der Waals surface area contributed by atoms with Gasteiger partial charge in [-0.25, -0.2) is 0 Å². The van der Waals surface area contributed by atoms with Crippen molar-refractivity contribution in [1.82, 2.24) is 9.80 Å². The van der Waals surface area contributed by atoms with Crippen molar-refractivity contribution in [2.45, 2.75) is 27.2 Å². The van der Waals surface area contributed by atoms with Crippen molar-refractivity contribution in [3.8, 4) is 11.5 Å². The number of benzene rings is 1. The summed E-state index contributed by atoms with van der Waals surface area (Å²) in [5, 5.41) is 0. The van der Waals surface area contributed by atoms with Gasteiger partial charge in [0.15, 0.2) is 18.1 Å². The number of para-hydroxylation sites is 2. The highest BCUT2D eigenvalue weighted by molar-refractivity contribution is 5.79. The highest BCUT2D eigenvalue weighted by Gasteiger charge is 2.24. The van der Waals surface area contributed by atoms with Crippen LogP contribution in [0.25, 0.3) is 0 Å². The molecular formula is C19H28N2O4. The second kappa shape index (κ2) is 9.30. The Kier molecular flexibility index (Phi) is 7.10. The Balaban J connectivity index is 1.80.